The van der Waals surface area contributed by atoms with Gasteiger partial charge in [-0.25, -0.2) is 18.6 Å². The van der Waals surface area contributed by atoms with Crippen molar-refractivity contribution in [3.05, 3.63) is 29.1 Å². The molecule has 18 heavy (non-hydrogen) atoms. The standard InChI is InChI=1S/C10H8BrF2N3O2/c11-6-3-7(9-14-1-2-15(9)4-6)16(10(17)18)5-8(12)13/h1-4,8H,5H2,(H,17,18). The molecule has 0 saturated heterocycles. The molecule has 0 fully saturated rings. The summed E-state index contributed by atoms with van der Waals surface area (Å²) in [5.41, 5.74) is 0.420. The van der Waals surface area contributed by atoms with Crippen molar-refractivity contribution in [2.45, 2.75) is 6.43 Å². The number of imidazole rings is 1. The molecule has 8 heteroatoms. The molecular weight excluding hydrogens is 312 g/mol. The van der Waals surface area contributed by atoms with E-state index in [0.29, 0.717) is 15.0 Å². The second-order valence-corrected chi connectivity index (χ2v) is 4.40. The number of fused-ring (bicyclic) bond motifs is 1. The molecule has 5 nitrogen and oxygen atoms in total. The van der Waals surface area contributed by atoms with E-state index in [1.165, 1.54) is 12.3 Å². The fourth-order valence-electron chi connectivity index (χ4n) is 1.60. The van der Waals surface area contributed by atoms with Crippen LogP contribution in [0.25, 0.3) is 5.65 Å². The minimum atomic E-state index is -2.75. The molecule has 0 radical (unpaired) electrons. The lowest BCUT2D eigenvalue weighted by molar-refractivity contribution is 0.148. The molecule has 2 heterocycles. The lowest BCUT2D eigenvalue weighted by Gasteiger charge is -2.19. The molecule has 0 bridgehead atoms. The van der Waals surface area contributed by atoms with Gasteiger partial charge in [-0.15, -0.1) is 0 Å². The number of carboxylic acid groups (broad SMARTS) is 1. The van der Waals surface area contributed by atoms with Crippen LogP contribution < -0.4 is 4.90 Å². The molecule has 1 N–H and O–H groups in total. The molecule has 96 valence electrons. The summed E-state index contributed by atoms with van der Waals surface area (Å²) in [4.78, 5) is 15.6. The van der Waals surface area contributed by atoms with Gasteiger partial charge >= 0.3 is 6.09 Å². The van der Waals surface area contributed by atoms with Gasteiger partial charge in [0.2, 0.25) is 0 Å². The number of amides is 1. The predicted octanol–water partition coefficient (Wildman–Crippen LogP) is 2.85. The first-order valence-corrected chi connectivity index (χ1v) is 5.69. The van der Waals surface area contributed by atoms with Gasteiger partial charge in [-0.3, -0.25) is 4.90 Å². The largest absolute Gasteiger partial charge is 0.465 e. The Hall–Kier alpha value is -1.70. The maximum atomic E-state index is 12.4. The number of halogens is 3. The maximum absolute atomic E-state index is 12.4. The predicted molar refractivity (Wildman–Crippen MR) is 64.3 cm³/mol. The lowest BCUT2D eigenvalue weighted by atomic mass is 10.3. The molecule has 0 aliphatic rings. The average Bonchev–Trinajstić information content (AvgIpc) is 2.71. The Labute approximate surface area is 109 Å². The number of aromatic nitrogens is 2. The van der Waals surface area contributed by atoms with Gasteiger partial charge in [0.25, 0.3) is 6.43 Å². The second kappa shape index (κ2) is 4.89. The van der Waals surface area contributed by atoms with Crippen molar-refractivity contribution < 1.29 is 18.7 Å². The maximum Gasteiger partial charge on any atom is 0.412 e. The van der Waals surface area contributed by atoms with Crippen LogP contribution in [0.2, 0.25) is 0 Å². The van der Waals surface area contributed by atoms with E-state index in [0.717, 1.165) is 0 Å². The van der Waals surface area contributed by atoms with E-state index in [1.54, 1.807) is 16.8 Å². The van der Waals surface area contributed by atoms with Crippen LogP contribution >= 0.6 is 15.9 Å². The van der Waals surface area contributed by atoms with E-state index in [9.17, 15) is 13.6 Å². The summed E-state index contributed by atoms with van der Waals surface area (Å²) in [5, 5.41) is 9.00. The Balaban J connectivity index is 2.55. The molecule has 0 saturated carbocycles. The van der Waals surface area contributed by atoms with E-state index in [2.05, 4.69) is 20.9 Å². The number of hydrogen-bond acceptors (Lipinski definition) is 2. The van der Waals surface area contributed by atoms with Crippen molar-refractivity contribution in [2.24, 2.45) is 0 Å². The Morgan fingerprint density at radius 2 is 2.33 bits per heavy atom. The number of carbonyl (C=O) groups is 1. The number of alkyl halides is 2. The van der Waals surface area contributed by atoms with Gasteiger partial charge in [-0.05, 0) is 22.0 Å². The van der Waals surface area contributed by atoms with E-state index in [-0.39, 0.29) is 5.69 Å². The topological polar surface area (TPSA) is 57.8 Å². The van der Waals surface area contributed by atoms with Crippen molar-refractivity contribution in [1.82, 2.24) is 9.38 Å². The van der Waals surface area contributed by atoms with Crippen LogP contribution in [0.3, 0.4) is 0 Å². The fraction of sp³-hybridized carbons (Fsp3) is 0.200. The summed E-state index contributed by atoms with van der Waals surface area (Å²) < 4.78 is 27.0. The molecule has 2 aromatic heterocycles. The van der Waals surface area contributed by atoms with Gasteiger partial charge in [-0.2, -0.15) is 0 Å². The number of nitrogens with zero attached hydrogens (tertiary/aromatic N) is 3. The highest BCUT2D eigenvalue weighted by molar-refractivity contribution is 9.10. The zero-order valence-electron chi connectivity index (χ0n) is 8.92. The summed E-state index contributed by atoms with van der Waals surface area (Å²) in [6.45, 7) is -0.895. The highest BCUT2D eigenvalue weighted by Crippen LogP contribution is 2.25. The minimum Gasteiger partial charge on any atom is -0.465 e. The zero-order chi connectivity index (χ0) is 13.3. The first-order valence-electron chi connectivity index (χ1n) is 4.90. The fourth-order valence-corrected chi connectivity index (χ4v) is 2.03. The molecule has 1 amide bonds. The van der Waals surface area contributed by atoms with Gasteiger partial charge in [-0.1, -0.05) is 0 Å². The van der Waals surface area contributed by atoms with Gasteiger partial charge in [0, 0.05) is 23.1 Å². The van der Waals surface area contributed by atoms with Crippen molar-refractivity contribution in [2.75, 3.05) is 11.4 Å². The highest BCUT2D eigenvalue weighted by atomic mass is 79.9. The molecular formula is C10H8BrF2N3O2. The number of rotatable bonds is 3. The van der Waals surface area contributed by atoms with Crippen LogP contribution in [0.5, 0.6) is 0 Å². The van der Waals surface area contributed by atoms with Crippen LogP contribution in [0.4, 0.5) is 19.3 Å². The molecule has 0 aromatic carbocycles. The molecule has 2 rings (SSSR count). The van der Waals surface area contributed by atoms with Crippen LogP contribution in [-0.4, -0.2) is 33.6 Å². The van der Waals surface area contributed by atoms with E-state index in [4.69, 9.17) is 5.11 Å². The van der Waals surface area contributed by atoms with E-state index in [1.807, 2.05) is 0 Å². The monoisotopic (exact) mass is 319 g/mol. The van der Waals surface area contributed by atoms with Crippen LogP contribution in [0.1, 0.15) is 0 Å². The van der Waals surface area contributed by atoms with Gasteiger partial charge < -0.3 is 9.51 Å². The molecule has 2 aromatic rings. The van der Waals surface area contributed by atoms with Crippen molar-refractivity contribution in [3.8, 4) is 0 Å². The van der Waals surface area contributed by atoms with Gasteiger partial charge in [0.1, 0.15) is 0 Å². The van der Waals surface area contributed by atoms with Gasteiger partial charge in [0.05, 0.1) is 12.2 Å². The van der Waals surface area contributed by atoms with Crippen LogP contribution in [0, 0.1) is 0 Å². The van der Waals surface area contributed by atoms with Crippen molar-refractivity contribution in [1.29, 1.82) is 0 Å². The smallest absolute Gasteiger partial charge is 0.412 e. The highest BCUT2D eigenvalue weighted by Gasteiger charge is 2.22. The molecule has 0 unspecified atom stereocenters. The van der Waals surface area contributed by atoms with E-state index >= 15 is 0 Å². The van der Waals surface area contributed by atoms with E-state index < -0.39 is 19.1 Å². The normalized spacial score (nSPS) is 11.1. The third kappa shape index (κ3) is 2.42. The summed E-state index contributed by atoms with van der Waals surface area (Å²) in [6.07, 6.45) is 0.530. The first kappa shape index (κ1) is 12.7. The summed E-state index contributed by atoms with van der Waals surface area (Å²) in [7, 11) is 0. The molecule has 0 spiro atoms. The number of hydrogen-bond donors (Lipinski definition) is 1. The summed E-state index contributed by atoms with van der Waals surface area (Å²) >= 11 is 3.20. The third-order valence-electron chi connectivity index (χ3n) is 2.28. The second-order valence-electron chi connectivity index (χ2n) is 3.49. The summed E-state index contributed by atoms with van der Waals surface area (Å²) in [6, 6.07) is 1.44. The Morgan fingerprint density at radius 1 is 1.61 bits per heavy atom. The zero-order valence-corrected chi connectivity index (χ0v) is 10.5. The SMILES string of the molecule is O=C(O)N(CC(F)F)c1cc(Br)cn2ccnc12. The average molecular weight is 320 g/mol. The van der Waals surface area contributed by atoms with Crippen molar-refractivity contribution in [3.63, 3.8) is 0 Å². The Morgan fingerprint density at radius 3 is 2.94 bits per heavy atom. The van der Waals surface area contributed by atoms with Crippen molar-refractivity contribution >= 4 is 33.4 Å². The molecule has 0 aliphatic heterocycles. The lowest BCUT2D eigenvalue weighted by Crippen LogP contribution is -2.34. The Kier molecular flexibility index (Phi) is 3.46. The first-order chi connectivity index (χ1) is 8.49. The van der Waals surface area contributed by atoms with Crippen LogP contribution in [0.15, 0.2) is 29.1 Å². The minimum absolute atomic E-state index is 0.113. The molecule has 0 atom stereocenters. The number of pyridine rings is 1. The number of anilines is 1. The van der Waals surface area contributed by atoms with Gasteiger partial charge in [0.15, 0.2) is 5.65 Å². The third-order valence-corrected chi connectivity index (χ3v) is 2.71. The van der Waals surface area contributed by atoms with Crippen LogP contribution in [-0.2, 0) is 0 Å². The Bertz CT molecular complexity index is 588. The quantitative estimate of drug-likeness (QED) is 0.946. The molecule has 0 aliphatic carbocycles. The summed E-state index contributed by atoms with van der Waals surface area (Å²) in [5.74, 6) is 0.